The average molecular weight is 439 g/mol. The highest BCUT2D eigenvalue weighted by Gasteiger charge is 2.05. The molecule has 0 saturated heterocycles. The number of amidine groups is 1. The molecule has 32 heavy (non-hydrogen) atoms. The fourth-order valence-corrected chi connectivity index (χ4v) is 1.88. The second-order valence-electron chi connectivity index (χ2n) is 6.95. The first-order chi connectivity index (χ1) is 15.1. The molecule has 0 saturated carbocycles. The first kappa shape index (κ1) is 33.4. The van der Waals surface area contributed by atoms with Gasteiger partial charge in [-0.25, -0.2) is 4.99 Å². The lowest BCUT2D eigenvalue weighted by Crippen LogP contribution is -2.35. The van der Waals surface area contributed by atoms with E-state index in [1.165, 1.54) is 22.9 Å². The topological polar surface area (TPSA) is 62.4 Å². The van der Waals surface area contributed by atoms with E-state index in [0.29, 0.717) is 17.4 Å². The van der Waals surface area contributed by atoms with Crippen LogP contribution in [0.2, 0.25) is 0 Å². The molecule has 0 unspecified atom stereocenters. The van der Waals surface area contributed by atoms with Crippen LogP contribution in [0.5, 0.6) is 0 Å². The third-order valence-electron chi connectivity index (χ3n) is 3.14. The van der Waals surface area contributed by atoms with Crippen molar-refractivity contribution in [2.24, 2.45) is 10.7 Å². The molecule has 4 N–H and O–H groups in total. The van der Waals surface area contributed by atoms with E-state index in [2.05, 4.69) is 67.6 Å². The van der Waals surface area contributed by atoms with Crippen molar-refractivity contribution in [3.8, 4) is 0 Å². The zero-order chi connectivity index (χ0) is 25.5. The van der Waals surface area contributed by atoms with Gasteiger partial charge in [0.2, 0.25) is 0 Å². The number of rotatable bonds is 8. The number of hydrogen-bond donors (Lipinski definition) is 3. The molecule has 0 bridgehead atoms. The van der Waals surface area contributed by atoms with Gasteiger partial charge < -0.3 is 16.4 Å². The quantitative estimate of drug-likeness (QED) is 0.172. The van der Waals surface area contributed by atoms with E-state index in [4.69, 9.17) is 5.73 Å². The van der Waals surface area contributed by atoms with E-state index in [1.54, 1.807) is 12.2 Å². The first-order valence-electron chi connectivity index (χ1n) is 10.9. The molecule has 4 nitrogen and oxygen atoms in total. The summed E-state index contributed by atoms with van der Waals surface area (Å²) in [6, 6.07) is 10.5. The number of nitrogens with two attached hydrogens (primary N) is 1. The predicted octanol–water partition coefficient (Wildman–Crippen LogP) is 7.33. The summed E-state index contributed by atoms with van der Waals surface area (Å²) in [5, 5.41) is 6.04. The van der Waals surface area contributed by atoms with Gasteiger partial charge >= 0.3 is 0 Å². The maximum absolute atomic E-state index is 5.68. The van der Waals surface area contributed by atoms with Gasteiger partial charge in [-0.2, -0.15) is 0 Å². The molecule has 0 spiro atoms. The Morgan fingerprint density at radius 2 is 1.56 bits per heavy atom. The largest absolute Gasteiger partial charge is 0.385 e. The van der Waals surface area contributed by atoms with Crippen LogP contribution in [0.1, 0.15) is 60.5 Å². The maximum atomic E-state index is 5.68. The van der Waals surface area contributed by atoms with Gasteiger partial charge in [0, 0.05) is 12.2 Å². The van der Waals surface area contributed by atoms with E-state index in [1.807, 2.05) is 59.7 Å². The Balaban J connectivity index is -0.000000444. The molecular formula is C28H46N4. The zero-order valence-corrected chi connectivity index (χ0v) is 21.5. The smallest absolute Gasteiger partial charge is 0.154 e. The standard InChI is InChI=1S/C12H20N4.C10H12.C4H8.C2H6/c1-6-8-11(13)16-12(14-7-2)10(5)15-9(3)4;1-3-9(2)10-7-5-4-6-8-10;1-4(2)3;1-2/h6-9,15H,1-2,5,13H2,3-4H3,(H,14,16);4-8H,2-3H2,1H3;1H2,2-3H3;1-2H3/b11-8-;;;. The van der Waals surface area contributed by atoms with Gasteiger partial charge in [0.1, 0.15) is 5.82 Å². The van der Waals surface area contributed by atoms with Gasteiger partial charge in [-0.1, -0.05) is 89.1 Å². The van der Waals surface area contributed by atoms with Crippen LogP contribution >= 0.6 is 0 Å². The van der Waals surface area contributed by atoms with E-state index < -0.39 is 0 Å². The number of nitrogens with one attached hydrogen (secondary N) is 2. The van der Waals surface area contributed by atoms with Crippen molar-refractivity contribution in [2.75, 3.05) is 0 Å². The molecule has 1 aromatic carbocycles. The summed E-state index contributed by atoms with van der Waals surface area (Å²) in [4.78, 5) is 4.05. The summed E-state index contributed by atoms with van der Waals surface area (Å²) >= 11 is 0. The minimum Gasteiger partial charge on any atom is -0.385 e. The molecule has 0 aromatic heterocycles. The molecule has 0 radical (unpaired) electrons. The lowest BCUT2D eigenvalue weighted by atomic mass is 10.1. The normalized spacial score (nSPS) is 10.0. The number of nitrogens with zero attached hydrogens (tertiary/aromatic N) is 1. The number of hydrogen-bond acceptors (Lipinski definition) is 3. The number of aliphatic imine (C=N–C) groups is 1. The SMILES string of the molecule is C=C(C)C.C=C(CC)c1ccccc1.C=C/C=C(/N)NC(=NC=C)C(=C)NC(C)C.CC. The minimum atomic E-state index is 0.272. The second-order valence-corrected chi connectivity index (χ2v) is 6.95. The molecule has 1 aromatic rings. The highest BCUT2D eigenvalue weighted by Crippen LogP contribution is 2.13. The van der Waals surface area contributed by atoms with Crippen molar-refractivity contribution in [2.45, 2.75) is 60.9 Å². The van der Waals surface area contributed by atoms with Crippen LogP contribution in [-0.2, 0) is 0 Å². The van der Waals surface area contributed by atoms with Gasteiger partial charge in [0.15, 0.2) is 5.84 Å². The van der Waals surface area contributed by atoms with E-state index in [-0.39, 0.29) is 6.04 Å². The van der Waals surface area contributed by atoms with Crippen LogP contribution in [-0.4, -0.2) is 11.9 Å². The molecule has 0 aliphatic carbocycles. The third-order valence-corrected chi connectivity index (χ3v) is 3.14. The predicted molar refractivity (Wildman–Crippen MR) is 148 cm³/mol. The Morgan fingerprint density at radius 3 is 1.94 bits per heavy atom. The van der Waals surface area contributed by atoms with Crippen LogP contribution < -0.4 is 16.4 Å². The summed E-state index contributed by atoms with van der Waals surface area (Å²) in [6.45, 7) is 32.5. The monoisotopic (exact) mass is 438 g/mol. The third kappa shape index (κ3) is 21.4. The highest BCUT2D eigenvalue weighted by atomic mass is 15.1. The Bertz CT molecular complexity index is 734. The van der Waals surface area contributed by atoms with Crippen molar-refractivity contribution < 1.29 is 0 Å². The van der Waals surface area contributed by atoms with Crippen LogP contribution in [0, 0.1) is 0 Å². The van der Waals surface area contributed by atoms with Gasteiger partial charge in [-0.05, 0) is 51.3 Å². The van der Waals surface area contributed by atoms with Crippen molar-refractivity contribution >= 4 is 11.4 Å². The molecule has 0 aliphatic heterocycles. The Morgan fingerprint density at radius 1 is 1.06 bits per heavy atom. The lowest BCUT2D eigenvalue weighted by Gasteiger charge is -2.16. The lowest BCUT2D eigenvalue weighted by molar-refractivity contribution is 0.685. The molecule has 0 fully saturated rings. The number of allylic oxidation sites excluding steroid dienone is 4. The van der Waals surface area contributed by atoms with E-state index >= 15 is 0 Å². The fourth-order valence-electron chi connectivity index (χ4n) is 1.88. The first-order valence-corrected chi connectivity index (χ1v) is 10.9. The second kappa shape index (κ2) is 22.4. The minimum absolute atomic E-state index is 0.272. The molecule has 4 heteroatoms. The van der Waals surface area contributed by atoms with Gasteiger partial charge in [0.05, 0.1) is 5.70 Å². The molecule has 0 amide bonds. The molecule has 0 aliphatic rings. The highest BCUT2D eigenvalue weighted by molar-refractivity contribution is 5.98. The summed E-state index contributed by atoms with van der Waals surface area (Å²) in [5.74, 6) is 0.988. The zero-order valence-electron chi connectivity index (χ0n) is 21.5. The van der Waals surface area contributed by atoms with Crippen molar-refractivity contribution in [3.05, 3.63) is 104 Å². The molecular weight excluding hydrogens is 392 g/mol. The summed E-state index contributed by atoms with van der Waals surface area (Å²) < 4.78 is 0. The molecule has 0 atom stereocenters. The van der Waals surface area contributed by atoms with E-state index in [0.717, 1.165) is 6.42 Å². The van der Waals surface area contributed by atoms with Crippen molar-refractivity contribution in [1.82, 2.24) is 10.6 Å². The molecule has 0 heterocycles. The Labute approximate surface area is 198 Å². The van der Waals surface area contributed by atoms with Crippen LogP contribution in [0.4, 0.5) is 0 Å². The van der Waals surface area contributed by atoms with E-state index in [9.17, 15) is 0 Å². The maximum Gasteiger partial charge on any atom is 0.154 e. The van der Waals surface area contributed by atoms with Crippen LogP contribution in [0.25, 0.3) is 5.57 Å². The van der Waals surface area contributed by atoms with Gasteiger partial charge in [-0.15, -0.1) is 6.58 Å². The molecule has 178 valence electrons. The summed E-state index contributed by atoms with van der Waals surface area (Å²) in [7, 11) is 0. The molecule has 1 rings (SSSR count). The van der Waals surface area contributed by atoms with Crippen molar-refractivity contribution in [3.63, 3.8) is 0 Å². The van der Waals surface area contributed by atoms with Crippen LogP contribution in [0.15, 0.2) is 104 Å². The van der Waals surface area contributed by atoms with Crippen molar-refractivity contribution in [1.29, 1.82) is 0 Å². The van der Waals surface area contributed by atoms with Gasteiger partial charge in [-0.3, -0.25) is 0 Å². The summed E-state index contributed by atoms with van der Waals surface area (Å²) in [5.41, 5.74) is 9.97. The average Bonchev–Trinajstić information content (AvgIpc) is 2.74. The van der Waals surface area contributed by atoms with Gasteiger partial charge in [0.25, 0.3) is 0 Å². The number of benzene rings is 1. The Hall–Kier alpha value is -3.27. The summed E-state index contributed by atoms with van der Waals surface area (Å²) in [6.07, 6.45) is 5.69. The van der Waals surface area contributed by atoms with Crippen LogP contribution in [0.3, 0.4) is 0 Å². The fraction of sp³-hybridized carbons (Fsp3) is 0.321. The Kier molecular flexibility index (Phi) is 23.4.